The molecule has 31 heavy (non-hydrogen) atoms. The molecule has 3 N–H and O–H groups in total. The van der Waals surface area contributed by atoms with Crippen molar-refractivity contribution in [1.29, 1.82) is 0 Å². The summed E-state index contributed by atoms with van der Waals surface area (Å²) < 4.78 is 23.4. The van der Waals surface area contributed by atoms with Crippen molar-refractivity contribution in [1.82, 2.24) is 29.6 Å². The number of aromatic amines is 1. The summed E-state index contributed by atoms with van der Waals surface area (Å²) in [4.78, 5) is 26.8. The highest BCUT2D eigenvalue weighted by Gasteiger charge is 2.31. The van der Waals surface area contributed by atoms with Crippen molar-refractivity contribution < 1.29 is 8.91 Å². The number of aryl methyl sites for hydroxylation is 1. The van der Waals surface area contributed by atoms with Gasteiger partial charge < -0.3 is 20.5 Å². The van der Waals surface area contributed by atoms with Crippen LogP contribution in [0.15, 0.2) is 31.2 Å². The molecule has 1 saturated carbocycles. The Morgan fingerprint density at radius 1 is 1.35 bits per heavy atom. The lowest BCUT2D eigenvalue weighted by atomic mass is 9.99. The molecule has 5 rings (SSSR count). The van der Waals surface area contributed by atoms with Crippen LogP contribution in [0.25, 0.3) is 11.0 Å². The first-order chi connectivity index (χ1) is 16.2. The fraction of sp³-hybridized carbons (Fsp3) is 0.455. The van der Waals surface area contributed by atoms with Gasteiger partial charge in [0.2, 0.25) is 11.9 Å². The fourth-order valence-corrected chi connectivity index (χ4v) is 4.29. The second-order valence-electron chi connectivity index (χ2n) is 8.40. The molecule has 0 radical (unpaired) electrons. The number of carbonyl (C=O) groups excluding carboxylic acids is 1. The maximum absolute atomic E-state index is 12.3. The number of rotatable bonds is 6. The first kappa shape index (κ1) is 16.3. The van der Waals surface area contributed by atoms with Crippen LogP contribution < -0.4 is 10.6 Å². The number of carbonyl (C=O) groups is 1. The maximum atomic E-state index is 12.3. The molecule has 9 nitrogen and oxygen atoms in total. The zero-order valence-electron chi connectivity index (χ0n) is 20.4. The Hall–Kier alpha value is -3.36. The van der Waals surface area contributed by atoms with E-state index in [1.54, 1.807) is 0 Å². The summed E-state index contributed by atoms with van der Waals surface area (Å²) in [6.07, 6.45) is 10.3. The van der Waals surface area contributed by atoms with Crippen LogP contribution >= 0.6 is 0 Å². The molecule has 3 aromatic rings. The van der Waals surface area contributed by atoms with Crippen molar-refractivity contribution in [3.8, 4) is 0 Å². The van der Waals surface area contributed by atoms with E-state index in [2.05, 4.69) is 39.2 Å². The highest BCUT2D eigenvalue weighted by molar-refractivity contribution is 5.93. The van der Waals surface area contributed by atoms with Crippen LogP contribution in [-0.4, -0.2) is 54.2 Å². The van der Waals surface area contributed by atoms with E-state index in [9.17, 15) is 4.79 Å². The summed E-state index contributed by atoms with van der Waals surface area (Å²) in [5.74, 6) is 1.46. The van der Waals surface area contributed by atoms with E-state index in [1.165, 1.54) is 24.0 Å². The first-order valence-corrected chi connectivity index (χ1v) is 10.6. The normalized spacial score (nSPS) is 23.1. The van der Waals surface area contributed by atoms with Crippen LogP contribution in [0.1, 0.15) is 48.2 Å². The molecule has 162 valence electrons. The summed E-state index contributed by atoms with van der Waals surface area (Å²) in [7, 11) is 0. The number of nitrogens with zero attached hydrogens (tertiary/aromatic N) is 5. The number of anilines is 3. The zero-order chi connectivity index (χ0) is 24.0. The van der Waals surface area contributed by atoms with E-state index in [0.29, 0.717) is 35.6 Å². The van der Waals surface area contributed by atoms with Crippen molar-refractivity contribution in [2.75, 3.05) is 17.2 Å². The van der Waals surface area contributed by atoms with Crippen LogP contribution in [0.2, 0.25) is 0 Å². The molecule has 2 fully saturated rings. The van der Waals surface area contributed by atoms with Crippen molar-refractivity contribution in [3.63, 3.8) is 0 Å². The van der Waals surface area contributed by atoms with E-state index in [4.69, 9.17) is 9.10 Å². The molecule has 2 atom stereocenters. The lowest BCUT2D eigenvalue weighted by Gasteiger charge is -2.38. The van der Waals surface area contributed by atoms with Gasteiger partial charge >= 0.3 is 0 Å². The van der Waals surface area contributed by atoms with Crippen molar-refractivity contribution in [2.24, 2.45) is 6.98 Å². The van der Waals surface area contributed by atoms with Crippen LogP contribution in [0, 0.1) is 0 Å². The van der Waals surface area contributed by atoms with E-state index in [1.807, 2.05) is 11.1 Å². The standard InChI is InChI=1S/C22H28N8O/c1-4-18(31)30-12-15(8-5-13(30)2)25-21-19-17(14-6-7-14)10-23-20(19)27-22(28-21)26-16-9-24-29(3)11-16/h4,9-11,13-15H,1,5-8,12H2,2-3H3,(H3,23,25,26,27,28)/t13-,15+/m0/s1/i3D3. The van der Waals surface area contributed by atoms with Gasteiger partial charge in [0.05, 0.1) is 17.3 Å². The Bertz CT molecular complexity index is 1230. The molecular weight excluding hydrogens is 392 g/mol. The summed E-state index contributed by atoms with van der Waals surface area (Å²) in [6.45, 7) is 3.89. The van der Waals surface area contributed by atoms with Crippen molar-refractivity contribution in [2.45, 2.75) is 50.6 Å². The minimum Gasteiger partial charge on any atom is -0.365 e. The Kier molecular flexibility index (Phi) is 4.07. The molecule has 1 amide bonds. The number of hydrogen-bond acceptors (Lipinski definition) is 6. The smallest absolute Gasteiger partial charge is 0.246 e. The fourth-order valence-electron chi connectivity index (χ4n) is 4.29. The average Bonchev–Trinajstić information content (AvgIpc) is 3.36. The highest BCUT2D eigenvalue weighted by atomic mass is 16.2. The minimum atomic E-state index is -2.36. The second-order valence-corrected chi connectivity index (χ2v) is 8.40. The van der Waals surface area contributed by atoms with Crippen molar-refractivity contribution in [3.05, 3.63) is 36.8 Å². The van der Waals surface area contributed by atoms with Gasteiger partial charge in [-0.05, 0) is 50.2 Å². The van der Waals surface area contributed by atoms with Gasteiger partial charge in [-0.25, -0.2) is 0 Å². The summed E-state index contributed by atoms with van der Waals surface area (Å²) >= 11 is 0. The van der Waals surface area contributed by atoms with Gasteiger partial charge in [0.25, 0.3) is 0 Å². The van der Waals surface area contributed by atoms with Gasteiger partial charge in [-0.15, -0.1) is 0 Å². The SMILES string of the molecule is [2H]C([2H])([2H])n1cc(Nc2nc(N[C@@H]3CC[C@H](C)N(C(=O)C=C)C3)c3c(C4CC4)c[nH]c3n2)cn1. The monoisotopic (exact) mass is 423 g/mol. The van der Waals surface area contributed by atoms with Gasteiger partial charge in [-0.3, -0.25) is 9.48 Å². The topological polar surface area (TPSA) is 104 Å². The second kappa shape index (κ2) is 7.72. The van der Waals surface area contributed by atoms with Gasteiger partial charge in [0.1, 0.15) is 11.5 Å². The zero-order valence-corrected chi connectivity index (χ0v) is 17.4. The third-order valence-corrected chi connectivity index (χ3v) is 6.10. The molecule has 4 heterocycles. The van der Waals surface area contributed by atoms with E-state index < -0.39 is 6.98 Å². The number of H-pyrrole nitrogens is 1. The van der Waals surface area contributed by atoms with Crippen molar-refractivity contribution >= 4 is 34.4 Å². The lowest BCUT2D eigenvalue weighted by molar-refractivity contribution is -0.129. The number of nitrogens with one attached hydrogen (secondary N) is 3. The molecule has 1 aliphatic carbocycles. The highest BCUT2D eigenvalue weighted by Crippen LogP contribution is 2.44. The Morgan fingerprint density at radius 2 is 2.23 bits per heavy atom. The minimum absolute atomic E-state index is 0.0336. The third-order valence-electron chi connectivity index (χ3n) is 6.10. The number of amides is 1. The Labute approximate surface area is 185 Å². The molecule has 9 heteroatoms. The summed E-state index contributed by atoms with van der Waals surface area (Å²) in [5, 5.41) is 11.5. The molecule has 2 aliphatic rings. The molecule has 0 bridgehead atoms. The molecule has 0 unspecified atom stereocenters. The summed E-state index contributed by atoms with van der Waals surface area (Å²) in [5.41, 5.74) is 2.38. The van der Waals surface area contributed by atoms with Crippen LogP contribution in [0.3, 0.4) is 0 Å². The third kappa shape index (κ3) is 3.87. The number of fused-ring (bicyclic) bond motifs is 1. The van der Waals surface area contributed by atoms with Gasteiger partial charge in [0, 0.05) is 42.1 Å². The van der Waals surface area contributed by atoms with Crippen LogP contribution in [-0.2, 0) is 11.8 Å². The molecular formula is C22H28N8O. The first-order valence-electron chi connectivity index (χ1n) is 12.1. The van der Waals surface area contributed by atoms with Crippen LogP contribution in [0.4, 0.5) is 17.5 Å². The summed E-state index contributed by atoms with van der Waals surface area (Å²) in [6, 6.07) is 0.196. The molecule has 1 aliphatic heterocycles. The number of piperidine rings is 1. The van der Waals surface area contributed by atoms with E-state index in [0.717, 1.165) is 35.8 Å². The van der Waals surface area contributed by atoms with Gasteiger partial charge in [-0.2, -0.15) is 15.1 Å². The predicted molar refractivity (Wildman–Crippen MR) is 120 cm³/mol. The predicted octanol–water partition coefficient (Wildman–Crippen LogP) is 3.29. The largest absolute Gasteiger partial charge is 0.365 e. The number of aromatic nitrogens is 5. The number of hydrogen-bond donors (Lipinski definition) is 3. The average molecular weight is 424 g/mol. The Morgan fingerprint density at radius 3 is 2.97 bits per heavy atom. The molecule has 0 spiro atoms. The van der Waals surface area contributed by atoms with E-state index >= 15 is 0 Å². The Balaban J connectivity index is 1.45. The molecule has 3 aromatic heterocycles. The van der Waals surface area contributed by atoms with Crippen LogP contribution in [0.5, 0.6) is 0 Å². The van der Waals surface area contributed by atoms with Gasteiger partial charge in [-0.1, -0.05) is 6.58 Å². The van der Waals surface area contributed by atoms with E-state index in [-0.39, 0.29) is 18.0 Å². The maximum Gasteiger partial charge on any atom is 0.246 e. The van der Waals surface area contributed by atoms with Gasteiger partial charge in [0.15, 0.2) is 0 Å². The molecule has 1 saturated heterocycles. The quantitative estimate of drug-likeness (QED) is 0.526. The number of likely N-dealkylation sites (tertiary alicyclic amines) is 1. The molecule has 0 aromatic carbocycles. The lowest BCUT2D eigenvalue weighted by Crippen LogP contribution is -2.49.